The van der Waals surface area contributed by atoms with Crippen LogP contribution in [0.4, 0.5) is 5.69 Å². The van der Waals surface area contributed by atoms with E-state index in [1.54, 1.807) is 0 Å². The van der Waals surface area contributed by atoms with Gasteiger partial charge in [-0.3, -0.25) is 4.79 Å². The predicted octanol–water partition coefficient (Wildman–Crippen LogP) is 1.88. The minimum atomic E-state index is -0.996. The fourth-order valence-corrected chi connectivity index (χ4v) is 5.29. The molecule has 4 rings (SSSR count). The molecule has 1 aromatic carbocycles. The number of hydrogen-bond acceptors (Lipinski definition) is 4. The lowest BCUT2D eigenvalue weighted by Gasteiger charge is -2.41. The lowest BCUT2D eigenvalue weighted by atomic mass is 9.77. The van der Waals surface area contributed by atoms with Crippen molar-refractivity contribution in [1.82, 2.24) is 10.6 Å². The fraction of sp³-hybridized carbons (Fsp3) is 0.600. The van der Waals surface area contributed by atoms with Crippen LogP contribution in [0.15, 0.2) is 18.2 Å². The van der Waals surface area contributed by atoms with Gasteiger partial charge in [-0.05, 0) is 56.1 Å². The summed E-state index contributed by atoms with van der Waals surface area (Å²) < 4.78 is 0. The summed E-state index contributed by atoms with van der Waals surface area (Å²) in [6.45, 7) is 1.92. The number of nitrogens with one attached hydrogen (secondary N) is 2. The van der Waals surface area contributed by atoms with Gasteiger partial charge in [0.25, 0.3) is 0 Å². The monoisotopic (exact) mass is 423 g/mol. The van der Waals surface area contributed by atoms with Crippen LogP contribution < -0.4 is 15.5 Å². The van der Waals surface area contributed by atoms with Crippen LogP contribution >= 0.6 is 23.8 Å². The second-order valence-electron chi connectivity index (χ2n) is 8.16. The maximum atomic E-state index is 13.1. The van der Waals surface area contributed by atoms with Gasteiger partial charge in [0.05, 0.1) is 24.1 Å². The third-order valence-electron chi connectivity index (χ3n) is 6.32. The number of halogens is 1. The lowest BCUT2D eigenvalue weighted by molar-refractivity contribution is -0.131. The number of anilines is 1. The van der Waals surface area contributed by atoms with E-state index in [1.807, 2.05) is 30.0 Å². The highest BCUT2D eigenvalue weighted by Gasteiger charge is 2.54. The van der Waals surface area contributed by atoms with E-state index in [0.29, 0.717) is 10.1 Å². The van der Waals surface area contributed by atoms with E-state index in [2.05, 4.69) is 10.6 Å². The first-order chi connectivity index (χ1) is 13.4. The summed E-state index contributed by atoms with van der Waals surface area (Å²) >= 11 is 11.9. The van der Waals surface area contributed by atoms with E-state index >= 15 is 0 Å². The van der Waals surface area contributed by atoms with Crippen molar-refractivity contribution in [3.8, 4) is 0 Å². The van der Waals surface area contributed by atoms with Crippen LogP contribution in [0.5, 0.6) is 0 Å². The Hall–Kier alpha value is -1.41. The molecular formula is C20H26ClN3O3S. The maximum absolute atomic E-state index is 13.1. The van der Waals surface area contributed by atoms with Gasteiger partial charge in [-0.25, -0.2) is 0 Å². The molecule has 6 nitrogen and oxygen atoms in total. The molecule has 4 N–H and O–H groups in total. The van der Waals surface area contributed by atoms with Gasteiger partial charge in [0.2, 0.25) is 5.91 Å². The molecule has 1 aliphatic heterocycles. The molecular weight excluding hydrogens is 398 g/mol. The molecule has 1 saturated heterocycles. The zero-order chi connectivity index (χ0) is 20.0. The molecule has 0 radical (unpaired) electrons. The number of aliphatic hydroxyl groups excluding tert-OH is 2. The molecule has 152 valence electrons. The molecule has 8 heteroatoms. The lowest BCUT2D eigenvalue weighted by Crippen LogP contribution is -2.61. The first-order valence-electron chi connectivity index (χ1n) is 9.89. The van der Waals surface area contributed by atoms with Gasteiger partial charge < -0.3 is 25.7 Å². The van der Waals surface area contributed by atoms with E-state index in [4.69, 9.17) is 23.8 Å². The first-order valence-corrected chi connectivity index (χ1v) is 10.7. The Morgan fingerprint density at radius 3 is 2.71 bits per heavy atom. The summed E-state index contributed by atoms with van der Waals surface area (Å²) in [7, 11) is 0. The number of benzene rings is 1. The number of carbonyl (C=O) groups is 1. The average Bonchev–Trinajstić information content (AvgIpc) is 3.28. The van der Waals surface area contributed by atoms with Crippen LogP contribution in [0.2, 0.25) is 5.02 Å². The van der Waals surface area contributed by atoms with Crippen LogP contribution in [0.3, 0.4) is 0 Å². The van der Waals surface area contributed by atoms with Gasteiger partial charge in [0, 0.05) is 16.8 Å². The molecule has 1 heterocycles. The summed E-state index contributed by atoms with van der Waals surface area (Å²) in [6, 6.07) is 4.95. The predicted molar refractivity (Wildman–Crippen MR) is 112 cm³/mol. The van der Waals surface area contributed by atoms with E-state index in [1.165, 1.54) is 0 Å². The molecule has 0 unspecified atom stereocenters. The summed E-state index contributed by atoms with van der Waals surface area (Å²) in [5.41, 5.74) is 1.73. The SMILES string of the molecule is Cc1ccc(N2C(=S)N[C@H]3[C@@H](O)[C@H](O)C[C@@H](C(=O)NC4CCCC4)[C@@H]32)cc1Cl. The highest BCUT2D eigenvalue weighted by Crippen LogP contribution is 2.38. The summed E-state index contributed by atoms with van der Waals surface area (Å²) in [5.74, 6) is -0.570. The topological polar surface area (TPSA) is 84.8 Å². The third-order valence-corrected chi connectivity index (χ3v) is 7.04. The highest BCUT2D eigenvalue weighted by atomic mass is 35.5. The van der Waals surface area contributed by atoms with Gasteiger partial charge >= 0.3 is 0 Å². The van der Waals surface area contributed by atoms with Crippen molar-refractivity contribution in [2.45, 2.75) is 69.4 Å². The quantitative estimate of drug-likeness (QED) is 0.555. The largest absolute Gasteiger partial charge is 0.390 e. The van der Waals surface area contributed by atoms with Crippen molar-refractivity contribution < 1.29 is 15.0 Å². The normalized spacial score (nSPS) is 32.9. The second kappa shape index (κ2) is 7.78. The maximum Gasteiger partial charge on any atom is 0.225 e. The molecule has 28 heavy (non-hydrogen) atoms. The molecule has 0 spiro atoms. The molecule has 2 saturated carbocycles. The summed E-state index contributed by atoms with van der Waals surface area (Å²) in [5, 5.41) is 28.3. The third kappa shape index (κ3) is 3.49. The Bertz CT molecular complexity index is 786. The van der Waals surface area contributed by atoms with E-state index in [9.17, 15) is 15.0 Å². The molecule has 0 aromatic heterocycles. The standard InChI is InChI=1S/C20H26ClN3O3S/c1-10-6-7-12(8-14(10)21)24-17-13(19(27)22-11-4-2-3-5-11)9-15(25)18(26)16(17)23-20(24)28/h6-8,11,13,15-18,25-26H,2-5,9H2,1H3,(H,22,27)(H,23,28)/t13-,15-,16-,17+,18+/m1/s1. The Morgan fingerprint density at radius 1 is 1.32 bits per heavy atom. The number of rotatable bonds is 3. The van der Waals surface area contributed by atoms with Gasteiger partial charge in [-0.1, -0.05) is 30.5 Å². The number of carbonyl (C=O) groups excluding carboxylic acids is 1. The molecule has 3 aliphatic rings. The minimum Gasteiger partial charge on any atom is -0.390 e. The van der Waals surface area contributed by atoms with Crippen molar-refractivity contribution in [2.75, 3.05) is 4.90 Å². The van der Waals surface area contributed by atoms with Gasteiger partial charge in [0.15, 0.2) is 5.11 Å². The fourth-order valence-electron chi connectivity index (χ4n) is 4.75. The number of nitrogens with zero attached hydrogens (tertiary/aromatic N) is 1. The zero-order valence-electron chi connectivity index (χ0n) is 15.8. The molecule has 1 amide bonds. The van der Waals surface area contributed by atoms with E-state index in [0.717, 1.165) is 36.9 Å². The van der Waals surface area contributed by atoms with Crippen molar-refractivity contribution in [3.05, 3.63) is 28.8 Å². The second-order valence-corrected chi connectivity index (χ2v) is 8.95. The summed E-state index contributed by atoms with van der Waals surface area (Å²) in [4.78, 5) is 15.0. The number of aryl methyl sites for hydroxylation is 1. The summed E-state index contributed by atoms with van der Waals surface area (Å²) in [6.07, 6.45) is 2.46. The Kier molecular flexibility index (Phi) is 5.53. The number of aliphatic hydroxyl groups is 2. The van der Waals surface area contributed by atoms with Crippen molar-refractivity contribution in [1.29, 1.82) is 0 Å². The molecule has 5 atom stereocenters. The Labute approximate surface area is 175 Å². The number of hydrogen-bond donors (Lipinski definition) is 4. The zero-order valence-corrected chi connectivity index (χ0v) is 17.3. The van der Waals surface area contributed by atoms with Gasteiger partial charge in [-0.15, -0.1) is 0 Å². The molecule has 0 bridgehead atoms. The van der Waals surface area contributed by atoms with Crippen molar-refractivity contribution in [3.63, 3.8) is 0 Å². The Balaban J connectivity index is 1.66. The van der Waals surface area contributed by atoms with Crippen LogP contribution in [0, 0.1) is 12.8 Å². The number of thiocarbonyl (C=S) groups is 1. The van der Waals surface area contributed by atoms with Crippen LogP contribution in [-0.2, 0) is 4.79 Å². The average molecular weight is 424 g/mol. The van der Waals surface area contributed by atoms with Crippen molar-refractivity contribution >= 4 is 40.5 Å². The van der Waals surface area contributed by atoms with Crippen LogP contribution in [0.1, 0.15) is 37.7 Å². The Morgan fingerprint density at radius 2 is 2.04 bits per heavy atom. The van der Waals surface area contributed by atoms with Crippen LogP contribution in [0.25, 0.3) is 0 Å². The smallest absolute Gasteiger partial charge is 0.225 e. The minimum absolute atomic E-state index is 0.0810. The number of fused-ring (bicyclic) bond motifs is 1. The molecule has 3 fully saturated rings. The van der Waals surface area contributed by atoms with E-state index in [-0.39, 0.29) is 24.4 Å². The molecule has 2 aliphatic carbocycles. The van der Waals surface area contributed by atoms with Crippen molar-refractivity contribution in [2.24, 2.45) is 5.92 Å². The van der Waals surface area contributed by atoms with Gasteiger partial charge in [0.1, 0.15) is 6.10 Å². The van der Waals surface area contributed by atoms with Gasteiger partial charge in [-0.2, -0.15) is 0 Å². The first kappa shape index (κ1) is 19.9. The van der Waals surface area contributed by atoms with Crippen LogP contribution in [-0.4, -0.2) is 51.6 Å². The molecule has 1 aromatic rings. The number of amides is 1. The van der Waals surface area contributed by atoms with E-state index < -0.39 is 24.2 Å². The highest BCUT2D eigenvalue weighted by molar-refractivity contribution is 7.80.